The summed E-state index contributed by atoms with van der Waals surface area (Å²) in [6.45, 7) is 10.8. The number of carboxylic acids is 1. The maximum absolute atomic E-state index is 11.4. The van der Waals surface area contributed by atoms with Crippen LogP contribution in [0.3, 0.4) is 0 Å². The van der Waals surface area contributed by atoms with E-state index < -0.39 is 5.97 Å². The van der Waals surface area contributed by atoms with Crippen LogP contribution in [0.15, 0.2) is 60.7 Å². The van der Waals surface area contributed by atoms with Crippen molar-refractivity contribution < 1.29 is 15.0 Å². The van der Waals surface area contributed by atoms with Crippen molar-refractivity contribution in [3.63, 3.8) is 0 Å². The Morgan fingerprint density at radius 3 is 1.97 bits per heavy atom. The fraction of sp³-hybridized carbons (Fsp3) is 0.296. The van der Waals surface area contributed by atoms with Crippen LogP contribution in [0.1, 0.15) is 57.0 Å². The zero-order chi connectivity index (χ0) is 24.0. The van der Waals surface area contributed by atoms with E-state index in [0.717, 1.165) is 34.1 Å². The van der Waals surface area contributed by atoms with Crippen molar-refractivity contribution in [1.29, 1.82) is 0 Å². The maximum Gasteiger partial charge on any atom is 0.335 e. The van der Waals surface area contributed by atoms with E-state index in [1.54, 1.807) is 24.3 Å². The molecule has 170 valence electrons. The number of nitrogens with zero attached hydrogens (tertiary/aromatic N) is 3. The Bertz CT molecular complexity index is 1300. The number of aromatic hydroxyl groups is 1. The van der Waals surface area contributed by atoms with Crippen LogP contribution in [0.4, 0.5) is 0 Å². The normalized spacial score (nSPS) is 12.3. The average molecular weight is 444 g/mol. The highest BCUT2D eigenvalue weighted by atomic mass is 16.4. The van der Waals surface area contributed by atoms with Gasteiger partial charge in [-0.1, -0.05) is 58.9 Å². The van der Waals surface area contributed by atoms with Gasteiger partial charge in [-0.05, 0) is 64.8 Å². The molecular formula is C27H29N3O3. The molecule has 0 spiro atoms. The van der Waals surface area contributed by atoms with E-state index in [1.165, 1.54) is 4.80 Å². The Balaban J connectivity index is 1.93. The Labute approximate surface area is 193 Å². The molecule has 0 amide bonds. The highest BCUT2D eigenvalue weighted by molar-refractivity contribution is 5.88. The molecule has 0 unspecified atom stereocenters. The lowest BCUT2D eigenvalue weighted by Gasteiger charge is -2.34. The van der Waals surface area contributed by atoms with Crippen molar-refractivity contribution >= 4 is 17.0 Å². The van der Waals surface area contributed by atoms with Gasteiger partial charge in [0, 0.05) is 5.56 Å². The molecule has 3 aromatic carbocycles. The largest absolute Gasteiger partial charge is 0.505 e. The number of hydrogen-bond acceptors (Lipinski definition) is 4. The minimum atomic E-state index is -0.965. The molecule has 0 saturated carbocycles. The van der Waals surface area contributed by atoms with Gasteiger partial charge in [-0.25, -0.2) is 4.79 Å². The summed E-state index contributed by atoms with van der Waals surface area (Å²) in [6.07, 6.45) is 0.850. The first-order valence-corrected chi connectivity index (χ1v) is 11.0. The standard InChI is InChI=1S/C27H29N3O3/c1-26(2,3)16-27(4,5)20-14-19(17-10-12-18(13-11-17)25(32)33)15-23(24(20)31)30-28-21-8-6-7-9-22(21)29-30/h6-15,31H,16H2,1-5H3,(H,32,33). The SMILES string of the molecule is CC(C)(C)CC(C)(C)c1cc(-c2ccc(C(=O)O)cc2)cc(-n2nc3ccccc3n2)c1O. The summed E-state index contributed by atoms with van der Waals surface area (Å²) in [4.78, 5) is 12.8. The molecule has 0 saturated heterocycles. The average Bonchev–Trinajstić information content (AvgIpc) is 3.16. The second-order valence-electron chi connectivity index (χ2n) is 10.4. The highest BCUT2D eigenvalue weighted by Crippen LogP contribution is 2.44. The molecule has 0 aliphatic carbocycles. The lowest BCUT2D eigenvalue weighted by Crippen LogP contribution is -2.25. The van der Waals surface area contributed by atoms with Crippen LogP contribution in [0.25, 0.3) is 27.8 Å². The monoisotopic (exact) mass is 443 g/mol. The van der Waals surface area contributed by atoms with Gasteiger partial charge < -0.3 is 10.2 Å². The summed E-state index contributed by atoms with van der Waals surface area (Å²) in [5.74, 6) is -0.817. The lowest BCUT2D eigenvalue weighted by molar-refractivity contribution is 0.0697. The molecule has 1 heterocycles. The van der Waals surface area contributed by atoms with Crippen molar-refractivity contribution in [2.75, 3.05) is 0 Å². The van der Waals surface area contributed by atoms with Gasteiger partial charge >= 0.3 is 5.97 Å². The van der Waals surface area contributed by atoms with Gasteiger partial charge in [0.05, 0.1) is 5.56 Å². The van der Waals surface area contributed by atoms with E-state index in [2.05, 4.69) is 44.8 Å². The zero-order valence-corrected chi connectivity index (χ0v) is 19.6. The third-order valence-electron chi connectivity index (χ3n) is 5.76. The van der Waals surface area contributed by atoms with Crippen molar-refractivity contribution in [3.05, 3.63) is 71.8 Å². The van der Waals surface area contributed by atoms with Crippen LogP contribution in [0.2, 0.25) is 0 Å². The van der Waals surface area contributed by atoms with Crippen molar-refractivity contribution in [2.45, 2.75) is 46.5 Å². The molecule has 33 heavy (non-hydrogen) atoms. The number of rotatable bonds is 5. The highest BCUT2D eigenvalue weighted by Gasteiger charge is 2.31. The fourth-order valence-electron chi connectivity index (χ4n) is 4.65. The zero-order valence-electron chi connectivity index (χ0n) is 19.6. The molecule has 0 aliphatic heterocycles. The summed E-state index contributed by atoms with van der Waals surface area (Å²) in [5.41, 5.74) is 4.42. The summed E-state index contributed by atoms with van der Waals surface area (Å²) < 4.78 is 0. The first-order valence-electron chi connectivity index (χ1n) is 11.0. The molecule has 0 aliphatic rings. The molecule has 0 atom stereocenters. The Morgan fingerprint density at radius 2 is 1.45 bits per heavy atom. The molecular weight excluding hydrogens is 414 g/mol. The van der Waals surface area contributed by atoms with E-state index in [4.69, 9.17) is 0 Å². The number of carboxylic acid groups (broad SMARTS) is 1. The Hall–Kier alpha value is -3.67. The van der Waals surface area contributed by atoms with Gasteiger partial charge in [0.2, 0.25) is 0 Å². The van der Waals surface area contributed by atoms with Crippen molar-refractivity contribution in [3.8, 4) is 22.6 Å². The van der Waals surface area contributed by atoms with Gasteiger partial charge in [-0.15, -0.1) is 15.0 Å². The number of aromatic carboxylic acids is 1. The van der Waals surface area contributed by atoms with Gasteiger partial charge in [-0.3, -0.25) is 0 Å². The second-order valence-corrected chi connectivity index (χ2v) is 10.4. The predicted molar refractivity (Wildman–Crippen MR) is 130 cm³/mol. The summed E-state index contributed by atoms with van der Waals surface area (Å²) in [7, 11) is 0. The van der Waals surface area contributed by atoms with E-state index in [-0.39, 0.29) is 22.1 Å². The third kappa shape index (κ3) is 4.60. The smallest absolute Gasteiger partial charge is 0.335 e. The Morgan fingerprint density at radius 1 is 0.879 bits per heavy atom. The van der Waals surface area contributed by atoms with Gasteiger partial charge in [0.25, 0.3) is 0 Å². The van der Waals surface area contributed by atoms with Crippen LogP contribution in [0, 0.1) is 5.41 Å². The number of aromatic nitrogens is 3. The number of phenols is 1. The molecule has 6 nitrogen and oxygen atoms in total. The first kappa shape index (κ1) is 22.5. The number of hydrogen-bond donors (Lipinski definition) is 2. The van der Waals surface area contributed by atoms with E-state index in [0.29, 0.717) is 5.69 Å². The van der Waals surface area contributed by atoms with E-state index in [1.807, 2.05) is 36.4 Å². The molecule has 1 aromatic heterocycles. The first-order chi connectivity index (χ1) is 15.4. The molecule has 4 aromatic rings. The van der Waals surface area contributed by atoms with E-state index >= 15 is 0 Å². The van der Waals surface area contributed by atoms with Crippen LogP contribution in [-0.2, 0) is 5.41 Å². The molecule has 6 heteroatoms. The molecule has 4 rings (SSSR count). The predicted octanol–water partition coefficient (Wildman–Crippen LogP) is 6.21. The minimum absolute atomic E-state index is 0.0495. The topological polar surface area (TPSA) is 88.2 Å². The maximum atomic E-state index is 11.4. The van der Waals surface area contributed by atoms with Gasteiger partial charge in [-0.2, -0.15) is 0 Å². The molecule has 0 radical (unpaired) electrons. The Kier molecular flexibility index (Phi) is 5.48. The fourth-order valence-corrected chi connectivity index (χ4v) is 4.65. The van der Waals surface area contributed by atoms with E-state index in [9.17, 15) is 15.0 Å². The summed E-state index contributed by atoms with van der Waals surface area (Å²) in [5, 5.41) is 29.8. The van der Waals surface area contributed by atoms with Gasteiger partial charge in [0.1, 0.15) is 22.5 Å². The van der Waals surface area contributed by atoms with Crippen LogP contribution in [0.5, 0.6) is 5.75 Å². The van der Waals surface area contributed by atoms with Crippen LogP contribution < -0.4 is 0 Å². The molecule has 0 bridgehead atoms. The van der Waals surface area contributed by atoms with Gasteiger partial charge in [0.15, 0.2) is 0 Å². The summed E-state index contributed by atoms with van der Waals surface area (Å²) >= 11 is 0. The van der Waals surface area contributed by atoms with Crippen LogP contribution >= 0.6 is 0 Å². The molecule has 2 N–H and O–H groups in total. The number of fused-ring (bicyclic) bond motifs is 1. The second kappa shape index (κ2) is 8.03. The van der Waals surface area contributed by atoms with Crippen molar-refractivity contribution in [1.82, 2.24) is 15.0 Å². The lowest BCUT2D eigenvalue weighted by atomic mass is 9.71. The quantitative estimate of drug-likeness (QED) is 0.383. The van der Waals surface area contributed by atoms with Crippen molar-refractivity contribution in [2.24, 2.45) is 5.41 Å². The number of carbonyl (C=O) groups is 1. The van der Waals surface area contributed by atoms with Crippen LogP contribution in [-0.4, -0.2) is 31.2 Å². The molecule has 0 fully saturated rings. The number of phenolic OH excluding ortho intramolecular Hbond substituents is 1. The minimum Gasteiger partial charge on any atom is -0.505 e. The summed E-state index contributed by atoms with van der Waals surface area (Å²) in [6, 6.07) is 18.2. The number of benzene rings is 3. The third-order valence-corrected chi connectivity index (χ3v) is 5.76.